The molecule has 3 rings (SSSR count). The van der Waals surface area contributed by atoms with Gasteiger partial charge in [0.05, 0.1) is 12.1 Å². The quantitative estimate of drug-likeness (QED) is 0.608. The number of fused-ring (bicyclic) bond motifs is 1. The predicted molar refractivity (Wildman–Crippen MR) is 89.6 cm³/mol. The summed E-state index contributed by atoms with van der Waals surface area (Å²) in [4.78, 5) is 12.0. The van der Waals surface area contributed by atoms with Crippen LogP contribution >= 0.6 is 22.6 Å². The molecular formula is C16H14INO4. The first-order valence-corrected chi connectivity index (χ1v) is 7.87. The van der Waals surface area contributed by atoms with Crippen molar-refractivity contribution in [3.63, 3.8) is 0 Å². The van der Waals surface area contributed by atoms with Gasteiger partial charge in [-0.1, -0.05) is 12.1 Å². The Kier molecular flexibility index (Phi) is 4.67. The molecule has 0 saturated carbocycles. The zero-order chi connectivity index (χ0) is 15.4. The monoisotopic (exact) mass is 411 g/mol. The maximum Gasteiger partial charge on any atom is 0.252 e. The van der Waals surface area contributed by atoms with Gasteiger partial charge in [0, 0.05) is 9.64 Å². The van der Waals surface area contributed by atoms with Crippen LogP contribution in [0.3, 0.4) is 0 Å². The smallest absolute Gasteiger partial charge is 0.252 e. The lowest BCUT2D eigenvalue weighted by molar-refractivity contribution is 0.0946. The molecule has 2 aromatic rings. The van der Waals surface area contributed by atoms with E-state index in [1.165, 1.54) is 0 Å². The molecule has 22 heavy (non-hydrogen) atoms. The Hall–Kier alpha value is -1.96. The van der Waals surface area contributed by atoms with Crippen molar-refractivity contribution in [1.82, 2.24) is 5.32 Å². The van der Waals surface area contributed by atoms with E-state index in [1.807, 2.05) is 30.3 Å². The van der Waals surface area contributed by atoms with E-state index in [2.05, 4.69) is 27.9 Å². The van der Waals surface area contributed by atoms with E-state index in [1.54, 1.807) is 12.1 Å². The molecule has 1 heterocycles. The van der Waals surface area contributed by atoms with Crippen LogP contribution in [0.25, 0.3) is 0 Å². The molecule has 0 fully saturated rings. The Morgan fingerprint density at radius 1 is 1.18 bits per heavy atom. The molecule has 0 atom stereocenters. The number of amides is 1. The standard InChI is InChI=1S/C16H14INO4/c17-13-4-2-1-3-12(13)16(19)18-7-8-20-11-5-6-14-15(9-11)22-10-21-14/h1-6,9H,7-8,10H2,(H,18,19). The molecule has 6 heteroatoms. The molecule has 0 saturated heterocycles. The van der Waals surface area contributed by atoms with Gasteiger partial charge in [0.1, 0.15) is 12.4 Å². The van der Waals surface area contributed by atoms with Crippen molar-refractivity contribution in [2.75, 3.05) is 19.9 Å². The normalized spacial score (nSPS) is 12.0. The fourth-order valence-corrected chi connectivity index (χ4v) is 2.67. The second kappa shape index (κ2) is 6.87. The van der Waals surface area contributed by atoms with Gasteiger partial charge in [-0.25, -0.2) is 0 Å². The highest BCUT2D eigenvalue weighted by Gasteiger charge is 2.13. The first-order chi connectivity index (χ1) is 10.7. The van der Waals surface area contributed by atoms with Gasteiger partial charge in [0.25, 0.3) is 5.91 Å². The van der Waals surface area contributed by atoms with Crippen LogP contribution in [0, 0.1) is 3.57 Å². The van der Waals surface area contributed by atoms with Crippen molar-refractivity contribution < 1.29 is 19.0 Å². The number of benzene rings is 2. The highest BCUT2D eigenvalue weighted by Crippen LogP contribution is 2.34. The van der Waals surface area contributed by atoms with E-state index in [4.69, 9.17) is 14.2 Å². The topological polar surface area (TPSA) is 56.8 Å². The summed E-state index contributed by atoms with van der Waals surface area (Å²) in [5, 5.41) is 2.84. The minimum atomic E-state index is -0.0979. The summed E-state index contributed by atoms with van der Waals surface area (Å²) in [5.74, 6) is 1.99. The summed E-state index contributed by atoms with van der Waals surface area (Å²) in [6, 6.07) is 12.9. The van der Waals surface area contributed by atoms with E-state index >= 15 is 0 Å². The Balaban J connectivity index is 1.48. The molecule has 114 valence electrons. The molecule has 0 unspecified atom stereocenters. The third-order valence-electron chi connectivity index (χ3n) is 3.12. The molecule has 1 N–H and O–H groups in total. The van der Waals surface area contributed by atoms with Gasteiger partial charge in [-0.05, 0) is 46.9 Å². The van der Waals surface area contributed by atoms with Gasteiger partial charge in [-0.3, -0.25) is 4.79 Å². The van der Waals surface area contributed by atoms with Crippen molar-refractivity contribution in [3.05, 3.63) is 51.6 Å². The van der Waals surface area contributed by atoms with Gasteiger partial charge < -0.3 is 19.5 Å². The number of rotatable bonds is 5. The summed E-state index contributed by atoms with van der Waals surface area (Å²) < 4.78 is 17.0. The van der Waals surface area contributed by atoms with E-state index in [-0.39, 0.29) is 12.7 Å². The third kappa shape index (κ3) is 3.44. The van der Waals surface area contributed by atoms with Crippen LogP contribution in [0.1, 0.15) is 10.4 Å². The van der Waals surface area contributed by atoms with Crippen LogP contribution in [0.4, 0.5) is 0 Å². The number of hydrogen-bond acceptors (Lipinski definition) is 4. The second-order valence-corrected chi connectivity index (χ2v) is 5.76. The van der Waals surface area contributed by atoms with Crippen molar-refractivity contribution in [1.29, 1.82) is 0 Å². The van der Waals surface area contributed by atoms with Crippen molar-refractivity contribution >= 4 is 28.5 Å². The van der Waals surface area contributed by atoms with Gasteiger partial charge >= 0.3 is 0 Å². The lowest BCUT2D eigenvalue weighted by atomic mass is 10.2. The molecule has 1 aliphatic heterocycles. The number of ether oxygens (including phenoxy) is 3. The van der Waals surface area contributed by atoms with E-state index in [9.17, 15) is 4.79 Å². The van der Waals surface area contributed by atoms with Crippen LogP contribution in [0.15, 0.2) is 42.5 Å². The van der Waals surface area contributed by atoms with Crippen LogP contribution < -0.4 is 19.5 Å². The molecule has 5 nitrogen and oxygen atoms in total. The van der Waals surface area contributed by atoms with Gasteiger partial charge in [-0.2, -0.15) is 0 Å². The van der Waals surface area contributed by atoms with Gasteiger partial charge in [0.2, 0.25) is 6.79 Å². The molecule has 0 bridgehead atoms. The lowest BCUT2D eigenvalue weighted by Crippen LogP contribution is -2.28. The molecule has 0 aromatic heterocycles. The molecule has 2 aromatic carbocycles. The van der Waals surface area contributed by atoms with Crippen LogP contribution in [0.2, 0.25) is 0 Å². The Morgan fingerprint density at radius 3 is 2.86 bits per heavy atom. The van der Waals surface area contributed by atoms with Crippen LogP contribution in [-0.4, -0.2) is 25.9 Å². The summed E-state index contributed by atoms with van der Waals surface area (Å²) in [6.07, 6.45) is 0. The molecule has 1 amide bonds. The van der Waals surface area contributed by atoms with Gasteiger partial charge in [-0.15, -0.1) is 0 Å². The molecule has 0 aliphatic carbocycles. The first-order valence-electron chi connectivity index (χ1n) is 6.79. The Bertz CT molecular complexity index is 690. The second-order valence-electron chi connectivity index (χ2n) is 4.60. The van der Waals surface area contributed by atoms with E-state index in [0.29, 0.717) is 30.2 Å². The van der Waals surface area contributed by atoms with Crippen LogP contribution in [-0.2, 0) is 0 Å². The summed E-state index contributed by atoms with van der Waals surface area (Å²) in [5.41, 5.74) is 0.672. The minimum absolute atomic E-state index is 0.0979. The molecular weight excluding hydrogens is 397 g/mol. The number of carbonyl (C=O) groups excluding carboxylic acids is 1. The lowest BCUT2D eigenvalue weighted by Gasteiger charge is -2.09. The van der Waals surface area contributed by atoms with Crippen molar-refractivity contribution in [3.8, 4) is 17.2 Å². The van der Waals surface area contributed by atoms with E-state index in [0.717, 1.165) is 9.32 Å². The maximum absolute atomic E-state index is 12.0. The highest BCUT2D eigenvalue weighted by molar-refractivity contribution is 14.1. The third-order valence-corrected chi connectivity index (χ3v) is 4.06. The molecule has 0 spiro atoms. The number of carbonyl (C=O) groups is 1. The van der Waals surface area contributed by atoms with Crippen LogP contribution in [0.5, 0.6) is 17.2 Å². The fraction of sp³-hybridized carbons (Fsp3) is 0.188. The average molecular weight is 411 g/mol. The Labute approximate surface area is 141 Å². The summed E-state index contributed by atoms with van der Waals surface area (Å²) in [6.45, 7) is 1.05. The first kappa shape index (κ1) is 15.0. The zero-order valence-electron chi connectivity index (χ0n) is 11.7. The summed E-state index contributed by atoms with van der Waals surface area (Å²) in [7, 11) is 0. The number of nitrogens with one attached hydrogen (secondary N) is 1. The Morgan fingerprint density at radius 2 is 2.00 bits per heavy atom. The fourth-order valence-electron chi connectivity index (χ4n) is 2.04. The van der Waals surface area contributed by atoms with Crippen molar-refractivity contribution in [2.45, 2.75) is 0 Å². The zero-order valence-corrected chi connectivity index (χ0v) is 13.8. The average Bonchev–Trinajstić information content (AvgIpc) is 2.99. The predicted octanol–water partition coefficient (Wildman–Crippen LogP) is 2.83. The highest BCUT2D eigenvalue weighted by atomic mass is 127. The van der Waals surface area contributed by atoms with Crippen molar-refractivity contribution in [2.24, 2.45) is 0 Å². The SMILES string of the molecule is O=C(NCCOc1ccc2c(c1)OCO2)c1ccccc1I. The number of hydrogen-bond donors (Lipinski definition) is 1. The van der Waals surface area contributed by atoms with Gasteiger partial charge in [0.15, 0.2) is 11.5 Å². The van der Waals surface area contributed by atoms with E-state index < -0.39 is 0 Å². The number of halogens is 1. The largest absolute Gasteiger partial charge is 0.492 e. The molecule has 1 aliphatic rings. The summed E-state index contributed by atoms with van der Waals surface area (Å²) >= 11 is 2.14. The minimum Gasteiger partial charge on any atom is -0.492 e. The maximum atomic E-state index is 12.0. The molecule has 0 radical (unpaired) electrons.